The van der Waals surface area contributed by atoms with Crippen molar-refractivity contribution in [2.24, 2.45) is 0 Å². The van der Waals surface area contributed by atoms with Crippen molar-refractivity contribution in [2.75, 3.05) is 13.2 Å². The van der Waals surface area contributed by atoms with E-state index in [9.17, 15) is 4.39 Å². The molecule has 1 aromatic rings. The third kappa shape index (κ3) is 4.58. The monoisotopic (exact) mass is 317 g/mol. The summed E-state index contributed by atoms with van der Waals surface area (Å²) in [5.74, 6) is -0.0179. The summed E-state index contributed by atoms with van der Waals surface area (Å²) in [5, 5.41) is 0. The number of nitrogens with zero attached hydrogens (tertiary/aromatic N) is 1. The van der Waals surface area contributed by atoms with Crippen LogP contribution in [0.3, 0.4) is 0 Å². The van der Waals surface area contributed by atoms with Gasteiger partial charge in [0.25, 0.3) is 0 Å². The lowest BCUT2D eigenvalue weighted by atomic mass is 10.2. The summed E-state index contributed by atoms with van der Waals surface area (Å²) in [5.41, 5.74) is 0. The van der Waals surface area contributed by atoms with E-state index in [1.54, 1.807) is 12.1 Å². The smallest absolute Gasteiger partial charge is 0.166 e. The summed E-state index contributed by atoms with van der Waals surface area (Å²) in [6, 6.07) is 5.76. The molecule has 0 bridgehead atoms. The van der Waals surface area contributed by atoms with Crippen molar-refractivity contribution in [1.29, 1.82) is 0 Å². The highest BCUT2D eigenvalue weighted by molar-refractivity contribution is 9.10. The molecule has 1 aromatic carbocycles. The minimum absolute atomic E-state index is 0.311. The quantitative estimate of drug-likeness (QED) is 0.783. The van der Waals surface area contributed by atoms with Crippen LogP contribution in [0.25, 0.3) is 0 Å². The fourth-order valence-electron chi connectivity index (χ4n) is 1.97. The molecule has 0 heterocycles. The molecule has 0 aliphatic rings. The number of hydrogen-bond acceptors (Lipinski definition) is 2. The molecule has 0 aromatic heterocycles. The molecule has 0 atom stereocenters. The molecular weight excluding hydrogens is 297 g/mol. The molecule has 18 heavy (non-hydrogen) atoms. The molecule has 0 aliphatic heterocycles. The van der Waals surface area contributed by atoms with E-state index >= 15 is 0 Å². The van der Waals surface area contributed by atoms with Crippen LogP contribution in [0.4, 0.5) is 4.39 Å². The Morgan fingerprint density at radius 2 is 1.83 bits per heavy atom. The van der Waals surface area contributed by atoms with Crippen LogP contribution in [0.1, 0.15) is 27.7 Å². The minimum Gasteiger partial charge on any atom is -0.489 e. The second-order valence-electron chi connectivity index (χ2n) is 4.85. The zero-order valence-corrected chi connectivity index (χ0v) is 13.0. The van der Waals surface area contributed by atoms with Gasteiger partial charge in [-0.3, -0.25) is 4.90 Å². The van der Waals surface area contributed by atoms with Crippen LogP contribution in [0.15, 0.2) is 22.7 Å². The van der Waals surface area contributed by atoms with Crippen LogP contribution in [-0.2, 0) is 0 Å². The lowest BCUT2D eigenvalue weighted by Gasteiger charge is -2.30. The Bertz CT molecular complexity index is 374. The van der Waals surface area contributed by atoms with Gasteiger partial charge in [0.1, 0.15) is 6.61 Å². The summed E-state index contributed by atoms with van der Waals surface area (Å²) in [6.07, 6.45) is 0. The Hall–Kier alpha value is -0.610. The van der Waals surface area contributed by atoms with Gasteiger partial charge in [-0.05, 0) is 45.9 Å². The highest BCUT2D eigenvalue weighted by Gasteiger charge is 2.13. The molecule has 0 saturated heterocycles. The zero-order chi connectivity index (χ0) is 13.7. The van der Waals surface area contributed by atoms with Gasteiger partial charge in [0.05, 0.1) is 0 Å². The average molecular weight is 318 g/mol. The fraction of sp³-hybridized carbons (Fsp3) is 0.571. The van der Waals surface area contributed by atoms with Crippen molar-refractivity contribution in [3.8, 4) is 5.75 Å². The fourth-order valence-corrected chi connectivity index (χ4v) is 2.30. The van der Waals surface area contributed by atoms with Crippen LogP contribution in [-0.4, -0.2) is 30.1 Å². The molecule has 0 unspecified atom stereocenters. The number of hydrogen-bond donors (Lipinski definition) is 0. The van der Waals surface area contributed by atoms with Gasteiger partial charge in [0.2, 0.25) is 0 Å². The average Bonchev–Trinajstić information content (AvgIpc) is 2.25. The molecule has 0 saturated carbocycles. The van der Waals surface area contributed by atoms with Gasteiger partial charge in [0, 0.05) is 23.1 Å². The Kier molecular flexibility index (Phi) is 6.09. The van der Waals surface area contributed by atoms with Gasteiger partial charge in [-0.2, -0.15) is 0 Å². The van der Waals surface area contributed by atoms with Crippen molar-refractivity contribution in [3.63, 3.8) is 0 Å². The Morgan fingerprint density at radius 3 is 2.33 bits per heavy atom. The van der Waals surface area contributed by atoms with E-state index in [1.807, 2.05) is 0 Å². The lowest BCUT2D eigenvalue weighted by Crippen LogP contribution is -2.39. The van der Waals surface area contributed by atoms with Crippen molar-refractivity contribution < 1.29 is 9.13 Å². The number of halogens is 2. The number of ether oxygens (including phenoxy) is 1. The van der Waals surface area contributed by atoms with Gasteiger partial charge >= 0.3 is 0 Å². The molecule has 102 valence electrons. The highest BCUT2D eigenvalue weighted by Crippen LogP contribution is 2.21. The number of benzene rings is 1. The first-order valence-electron chi connectivity index (χ1n) is 6.25. The van der Waals surface area contributed by atoms with Gasteiger partial charge < -0.3 is 4.74 Å². The van der Waals surface area contributed by atoms with E-state index in [1.165, 1.54) is 6.07 Å². The van der Waals surface area contributed by atoms with Crippen molar-refractivity contribution in [2.45, 2.75) is 39.8 Å². The van der Waals surface area contributed by atoms with Gasteiger partial charge in [-0.1, -0.05) is 15.9 Å². The SMILES string of the molecule is CC(C)N(CCOc1ccc(Br)cc1F)C(C)C. The first-order valence-corrected chi connectivity index (χ1v) is 7.04. The summed E-state index contributed by atoms with van der Waals surface area (Å²) >= 11 is 3.22. The first-order chi connectivity index (χ1) is 8.41. The largest absolute Gasteiger partial charge is 0.489 e. The van der Waals surface area contributed by atoms with Crippen molar-refractivity contribution in [3.05, 3.63) is 28.5 Å². The maximum Gasteiger partial charge on any atom is 0.166 e. The normalized spacial score (nSPS) is 11.6. The minimum atomic E-state index is -0.329. The van der Waals surface area contributed by atoms with E-state index < -0.39 is 0 Å². The zero-order valence-electron chi connectivity index (χ0n) is 11.4. The van der Waals surface area contributed by atoms with Gasteiger partial charge in [-0.15, -0.1) is 0 Å². The van der Waals surface area contributed by atoms with E-state index in [-0.39, 0.29) is 5.82 Å². The molecule has 2 nitrogen and oxygen atoms in total. The third-order valence-corrected chi connectivity index (χ3v) is 3.32. The Balaban J connectivity index is 2.50. The maximum absolute atomic E-state index is 13.5. The summed E-state index contributed by atoms with van der Waals surface area (Å²) < 4.78 is 19.7. The van der Waals surface area contributed by atoms with E-state index in [2.05, 4.69) is 48.5 Å². The second kappa shape index (κ2) is 7.10. The summed E-state index contributed by atoms with van der Waals surface area (Å²) in [7, 11) is 0. The first kappa shape index (κ1) is 15.4. The summed E-state index contributed by atoms with van der Waals surface area (Å²) in [6.45, 7) is 9.90. The maximum atomic E-state index is 13.5. The molecule has 1 rings (SSSR count). The lowest BCUT2D eigenvalue weighted by molar-refractivity contribution is 0.140. The standard InChI is InChI=1S/C14H21BrFNO/c1-10(2)17(11(3)4)7-8-18-14-6-5-12(15)9-13(14)16/h5-6,9-11H,7-8H2,1-4H3. The number of rotatable bonds is 6. The van der Waals surface area contributed by atoms with E-state index in [0.717, 1.165) is 11.0 Å². The summed E-state index contributed by atoms with van der Waals surface area (Å²) in [4.78, 5) is 2.32. The molecule has 0 aliphatic carbocycles. The van der Waals surface area contributed by atoms with E-state index in [4.69, 9.17) is 4.74 Å². The molecule has 0 spiro atoms. The molecular formula is C14H21BrFNO. The van der Waals surface area contributed by atoms with Crippen LogP contribution in [0.2, 0.25) is 0 Å². The van der Waals surface area contributed by atoms with Crippen molar-refractivity contribution >= 4 is 15.9 Å². The van der Waals surface area contributed by atoms with Crippen LogP contribution < -0.4 is 4.74 Å². The highest BCUT2D eigenvalue weighted by atomic mass is 79.9. The molecule has 4 heteroatoms. The molecule has 0 fully saturated rings. The topological polar surface area (TPSA) is 12.5 Å². The van der Waals surface area contributed by atoms with Crippen LogP contribution in [0.5, 0.6) is 5.75 Å². The Labute approximate surface area is 117 Å². The second-order valence-corrected chi connectivity index (χ2v) is 5.76. The molecule has 0 amide bonds. The van der Waals surface area contributed by atoms with Crippen molar-refractivity contribution in [1.82, 2.24) is 4.90 Å². The molecule has 0 N–H and O–H groups in total. The predicted octanol–water partition coefficient (Wildman–Crippen LogP) is 4.09. The van der Waals surface area contributed by atoms with Crippen LogP contribution >= 0.6 is 15.9 Å². The molecule has 0 radical (unpaired) electrons. The van der Waals surface area contributed by atoms with Gasteiger partial charge in [0.15, 0.2) is 11.6 Å². The third-order valence-electron chi connectivity index (χ3n) is 2.83. The van der Waals surface area contributed by atoms with E-state index in [0.29, 0.717) is 24.4 Å². The predicted molar refractivity (Wildman–Crippen MR) is 76.6 cm³/mol. The van der Waals surface area contributed by atoms with Gasteiger partial charge in [-0.25, -0.2) is 4.39 Å². The Morgan fingerprint density at radius 1 is 1.22 bits per heavy atom. The van der Waals surface area contributed by atoms with Crippen LogP contribution in [0, 0.1) is 5.82 Å².